The van der Waals surface area contributed by atoms with Gasteiger partial charge in [-0.1, -0.05) is 6.07 Å². The Bertz CT molecular complexity index is 778. The Balaban J connectivity index is 1.96. The monoisotopic (exact) mass is 286 g/mol. The van der Waals surface area contributed by atoms with Crippen molar-refractivity contribution in [1.82, 2.24) is 9.88 Å². The molecule has 0 unspecified atom stereocenters. The van der Waals surface area contributed by atoms with Crippen LogP contribution in [0.15, 0.2) is 48.7 Å². The summed E-state index contributed by atoms with van der Waals surface area (Å²) < 4.78 is 28.9. The van der Waals surface area contributed by atoms with Gasteiger partial charge in [0.15, 0.2) is 0 Å². The Kier molecular flexibility index (Phi) is 3.71. The van der Waals surface area contributed by atoms with E-state index in [9.17, 15) is 8.78 Å². The van der Waals surface area contributed by atoms with E-state index in [1.54, 1.807) is 0 Å². The average Bonchev–Trinajstić information content (AvgIpc) is 2.86. The molecule has 1 aromatic heterocycles. The normalized spacial score (nSPS) is 11.2. The van der Waals surface area contributed by atoms with E-state index in [2.05, 4.69) is 11.4 Å². The van der Waals surface area contributed by atoms with Gasteiger partial charge in [0.2, 0.25) is 0 Å². The van der Waals surface area contributed by atoms with Crippen molar-refractivity contribution in [2.24, 2.45) is 0 Å². The molecule has 0 aliphatic heterocycles. The average molecular weight is 286 g/mol. The van der Waals surface area contributed by atoms with Crippen molar-refractivity contribution in [3.05, 3.63) is 71.4 Å². The van der Waals surface area contributed by atoms with Crippen molar-refractivity contribution < 1.29 is 8.78 Å². The largest absolute Gasteiger partial charge is 0.343 e. The number of rotatable bonds is 4. The highest BCUT2D eigenvalue weighted by Gasteiger charge is 2.07. The van der Waals surface area contributed by atoms with E-state index in [0.717, 1.165) is 23.5 Å². The molecule has 0 bridgehead atoms. The van der Waals surface area contributed by atoms with E-state index < -0.39 is 5.82 Å². The minimum absolute atomic E-state index is 0.318. The second-order valence-electron chi connectivity index (χ2n) is 5.10. The second kappa shape index (κ2) is 5.66. The molecule has 0 aliphatic rings. The molecule has 1 heterocycles. The van der Waals surface area contributed by atoms with Crippen LogP contribution in [0.4, 0.5) is 8.78 Å². The highest BCUT2D eigenvalue weighted by Crippen LogP contribution is 2.20. The van der Waals surface area contributed by atoms with Gasteiger partial charge in [0.05, 0.1) is 6.54 Å². The van der Waals surface area contributed by atoms with Crippen molar-refractivity contribution >= 4 is 10.9 Å². The van der Waals surface area contributed by atoms with Gasteiger partial charge in [0, 0.05) is 23.8 Å². The number of hydrogen-bond donors (Lipinski definition) is 1. The zero-order valence-corrected chi connectivity index (χ0v) is 11.7. The molecule has 2 aromatic carbocycles. The van der Waals surface area contributed by atoms with Crippen LogP contribution in [0.5, 0.6) is 0 Å². The fourth-order valence-corrected chi connectivity index (χ4v) is 2.55. The highest BCUT2D eigenvalue weighted by atomic mass is 19.1. The summed E-state index contributed by atoms with van der Waals surface area (Å²) in [5.41, 5.74) is 2.56. The number of hydrogen-bond acceptors (Lipinski definition) is 1. The van der Waals surface area contributed by atoms with E-state index >= 15 is 0 Å². The lowest BCUT2D eigenvalue weighted by Crippen LogP contribution is -2.05. The first-order valence-corrected chi connectivity index (χ1v) is 6.83. The molecule has 3 aromatic rings. The summed E-state index contributed by atoms with van der Waals surface area (Å²) in [4.78, 5) is 0. The lowest BCUT2D eigenvalue weighted by atomic mass is 10.1. The number of halogens is 2. The molecule has 0 saturated carbocycles. The minimum atomic E-state index is -0.417. The molecule has 0 radical (unpaired) electrons. The van der Waals surface area contributed by atoms with Crippen LogP contribution in [0, 0.1) is 11.6 Å². The molecule has 0 amide bonds. The Labute approximate surface area is 122 Å². The van der Waals surface area contributed by atoms with Crippen LogP contribution in [-0.2, 0) is 13.1 Å². The molecule has 0 aliphatic carbocycles. The van der Waals surface area contributed by atoms with E-state index in [-0.39, 0.29) is 5.82 Å². The van der Waals surface area contributed by atoms with E-state index in [1.165, 1.54) is 17.7 Å². The number of benzene rings is 2. The fourth-order valence-electron chi connectivity index (χ4n) is 2.55. The van der Waals surface area contributed by atoms with Crippen molar-refractivity contribution in [2.75, 3.05) is 7.05 Å². The molecule has 0 atom stereocenters. The van der Waals surface area contributed by atoms with Crippen LogP contribution in [0.2, 0.25) is 0 Å². The van der Waals surface area contributed by atoms with Crippen LogP contribution >= 0.6 is 0 Å². The summed E-state index contributed by atoms with van der Waals surface area (Å²) in [6.07, 6.45) is 1.90. The van der Waals surface area contributed by atoms with Crippen LogP contribution in [0.25, 0.3) is 10.9 Å². The first-order chi connectivity index (χ1) is 10.2. The van der Waals surface area contributed by atoms with Gasteiger partial charge >= 0.3 is 0 Å². The predicted octanol–water partition coefficient (Wildman–Crippen LogP) is 3.69. The van der Waals surface area contributed by atoms with E-state index in [1.807, 2.05) is 36.0 Å². The maximum absolute atomic E-state index is 13.7. The summed E-state index contributed by atoms with van der Waals surface area (Å²) >= 11 is 0. The molecular weight excluding hydrogens is 270 g/mol. The Hall–Kier alpha value is -2.20. The standard InChI is InChI=1S/C17H16F2N2/c1-20-10-12-2-5-17-13(8-12)6-7-21(17)11-14-9-15(18)3-4-16(14)19/h2-9,20H,10-11H2,1H3. The molecule has 0 saturated heterocycles. The van der Waals surface area contributed by atoms with Crippen molar-refractivity contribution in [3.8, 4) is 0 Å². The van der Waals surface area contributed by atoms with Gasteiger partial charge in [-0.3, -0.25) is 0 Å². The smallest absolute Gasteiger partial charge is 0.128 e. The molecule has 4 heteroatoms. The SMILES string of the molecule is CNCc1ccc2c(ccn2Cc2cc(F)ccc2F)c1. The maximum atomic E-state index is 13.7. The third-order valence-electron chi connectivity index (χ3n) is 3.56. The van der Waals surface area contributed by atoms with Crippen LogP contribution < -0.4 is 5.32 Å². The molecule has 3 rings (SSSR count). The molecule has 108 valence electrons. The first-order valence-electron chi connectivity index (χ1n) is 6.83. The topological polar surface area (TPSA) is 17.0 Å². The number of nitrogens with zero attached hydrogens (tertiary/aromatic N) is 1. The molecule has 1 N–H and O–H groups in total. The van der Waals surface area contributed by atoms with Crippen molar-refractivity contribution in [1.29, 1.82) is 0 Å². The minimum Gasteiger partial charge on any atom is -0.343 e. The highest BCUT2D eigenvalue weighted by molar-refractivity contribution is 5.81. The fraction of sp³-hybridized carbons (Fsp3) is 0.176. The van der Waals surface area contributed by atoms with Crippen LogP contribution in [-0.4, -0.2) is 11.6 Å². The van der Waals surface area contributed by atoms with E-state index in [4.69, 9.17) is 0 Å². The van der Waals surface area contributed by atoms with Crippen molar-refractivity contribution in [3.63, 3.8) is 0 Å². The molecule has 2 nitrogen and oxygen atoms in total. The number of nitrogens with one attached hydrogen (secondary N) is 1. The molecule has 21 heavy (non-hydrogen) atoms. The predicted molar refractivity (Wildman–Crippen MR) is 80.2 cm³/mol. The van der Waals surface area contributed by atoms with Gasteiger partial charge in [0.1, 0.15) is 11.6 Å². The first kappa shape index (κ1) is 13.8. The Morgan fingerprint density at radius 2 is 1.90 bits per heavy atom. The summed E-state index contributed by atoms with van der Waals surface area (Å²) in [6.45, 7) is 1.12. The lowest BCUT2D eigenvalue weighted by molar-refractivity contribution is 0.579. The molecule has 0 spiro atoms. The van der Waals surface area contributed by atoms with Gasteiger partial charge < -0.3 is 9.88 Å². The summed E-state index contributed by atoms with van der Waals surface area (Å²) in [5.74, 6) is -0.802. The third-order valence-corrected chi connectivity index (χ3v) is 3.56. The molecular formula is C17H16F2N2. The number of fused-ring (bicyclic) bond motifs is 1. The van der Waals surface area contributed by atoms with Crippen LogP contribution in [0.1, 0.15) is 11.1 Å². The lowest BCUT2D eigenvalue weighted by Gasteiger charge is -2.08. The Morgan fingerprint density at radius 3 is 2.71 bits per heavy atom. The maximum Gasteiger partial charge on any atom is 0.128 e. The van der Waals surface area contributed by atoms with Gasteiger partial charge in [-0.05, 0) is 54.4 Å². The van der Waals surface area contributed by atoms with Gasteiger partial charge in [-0.25, -0.2) is 8.78 Å². The van der Waals surface area contributed by atoms with Crippen LogP contribution in [0.3, 0.4) is 0 Å². The third kappa shape index (κ3) is 2.81. The summed E-state index contributed by atoms with van der Waals surface area (Å²) in [7, 11) is 1.90. The second-order valence-corrected chi connectivity index (χ2v) is 5.10. The van der Waals surface area contributed by atoms with E-state index in [0.29, 0.717) is 12.1 Å². The molecule has 0 fully saturated rings. The van der Waals surface area contributed by atoms with Gasteiger partial charge in [0.25, 0.3) is 0 Å². The summed E-state index contributed by atoms with van der Waals surface area (Å²) in [6, 6.07) is 11.7. The van der Waals surface area contributed by atoms with Gasteiger partial charge in [-0.2, -0.15) is 0 Å². The Morgan fingerprint density at radius 1 is 1.05 bits per heavy atom. The summed E-state index contributed by atoms with van der Waals surface area (Å²) in [5, 5.41) is 4.21. The van der Waals surface area contributed by atoms with Gasteiger partial charge in [-0.15, -0.1) is 0 Å². The zero-order chi connectivity index (χ0) is 14.8. The quantitative estimate of drug-likeness (QED) is 0.774. The van der Waals surface area contributed by atoms with Crippen molar-refractivity contribution in [2.45, 2.75) is 13.1 Å². The zero-order valence-electron chi connectivity index (χ0n) is 11.7. The number of aromatic nitrogens is 1.